The van der Waals surface area contributed by atoms with Gasteiger partial charge in [0.25, 0.3) is 0 Å². The van der Waals surface area contributed by atoms with E-state index in [1.807, 2.05) is 18.7 Å². The van der Waals surface area contributed by atoms with Crippen LogP contribution in [-0.4, -0.2) is 41.0 Å². The third-order valence-electron chi connectivity index (χ3n) is 2.65. The standard InChI is InChI=1S/C12H25N3OS/c1-5-7-15(8-10(13)17)9-11(16)14-12(3,4)6-2/h5-9H2,1-4H3,(H2,13,17)(H,14,16). The third kappa shape index (κ3) is 8.10. The summed E-state index contributed by atoms with van der Waals surface area (Å²) >= 11 is 4.88. The Bertz CT molecular complexity index is 266. The van der Waals surface area contributed by atoms with Crippen molar-refractivity contribution in [1.82, 2.24) is 10.2 Å². The Kier molecular flexibility index (Phi) is 7.30. The molecule has 0 saturated carbocycles. The summed E-state index contributed by atoms with van der Waals surface area (Å²) in [5, 5.41) is 3.00. The molecule has 0 aromatic carbocycles. The van der Waals surface area contributed by atoms with E-state index in [0.29, 0.717) is 18.1 Å². The number of nitrogens with two attached hydrogens (primary N) is 1. The average Bonchev–Trinajstić information content (AvgIpc) is 2.16. The fourth-order valence-corrected chi connectivity index (χ4v) is 1.64. The normalized spacial score (nSPS) is 11.6. The lowest BCUT2D eigenvalue weighted by atomic mass is 10.0. The molecule has 0 heterocycles. The molecule has 5 heteroatoms. The van der Waals surface area contributed by atoms with E-state index in [4.69, 9.17) is 18.0 Å². The van der Waals surface area contributed by atoms with Crippen LogP contribution in [-0.2, 0) is 4.79 Å². The molecule has 0 fully saturated rings. The summed E-state index contributed by atoms with van der Waals surface area (Å²) in [6, 6.07) is 0. The summed E-state index contributed by atoms with van der Waals surface area (Å²) in [5.41, 5.74) is 5.36. The number of carbonyl (C=O) groups is 1. The van der Waals surface area contributed by atoms with E-state index in [-0.39, 0.29) is 11.4 Å². The molecule has 100 valence electrons. The molecule has 0 atom stereocenters. The molecular formula is C12H25N3OS. The Morgan fingerprint density at radius 1 is 1.35 bits per heavy atom. The van der Waals surface area contributed by atoms with Crippen LogP contribution in [0.5, 0.6) is 0 Å². The van der Waals surface area contributed by atoms with Crippen molar-refractivity contribution in [2.75, 3.05) is 19.6 Å². The first-order valence-electron chi connectivity index (χ1n) is 6.12. The first kappa shape index (κ1) is 16.3. The van der Waals surface area contributed by atoms with E-state index in [9.17, 15) is 4.79 Å². The minimum absolute atomic E-state index is 0.0292. The summed E-state index contributed by atoms with van der Waals surface area (Å²) < 4.78 is 0. The van der Waals surface area contributed by atoms with Crippen molar-refractivity contribution in [3.8, 4) is 0 Å². The fraction of sp³-hybridized carbons (Fsp3) is 0.833. The zero-order chi connectivity index (χ0) is 13.5. The summed E-state index contributed by atoms with van der Waals surface area (Å²) in [6.07, 6.45) is 1.88. The second-order valence-corrected chi connectivity index (χ2v) is 5.49. The number of thiocarbonyl (C=S) groups is 1. The van der Waals surface area contributed by atoms with Crippen LogP contribution in [0.1, 0.15) is 40.5 Å². The number of rotatable bonds is 8. The van der Waals surface area contributed by atoms with Gasteiger partial charge in [-0.25, -0.2) is 0 Å². The molecule has 1 amide bonds. The molecule has 0 unspecified atom stereocenters. The second kappa shape index (κ2) is 7.61. The van der Waals surface area contributed by atoms with Gasteiger partial charge in [-0.2, -0.15) is 0 Å². The van der Waals surface area contributed by atoms with Crippen LogP contribution in [0, 0.1) is 0 Å². The molecule has 0 aromatic heterocycles. The number of nitrogens with one attached hydrogen (secondary N) is 1. The van der Waals surface area contributed by atoms with Gasteiger partial charge in [-0.3, -0.25) is 9.69 Å². The Labute approximate surface area is 110 Å². The monoisotopic (exact) mass is 259 g/mol. The molecule has 0 bridgehead atoms. The highest BCUT2D eigenvalue weighted by Gasteiger charge is 2.19. The quantitative estimate of drug-likeness (QED) is 0.645. The molecule has 3 N–H and O–H groups in total. The van der Waals surface area contributed by atoms with Gasteiger partial charge in [0.2, 0.25) is 5.91 Å². The van der Waals surface area contributed by atoms with Crippen molar-refractivity contribution < 1.29 is 4.79 Å². The minimum atomic E-state index is -0.155. The van der Waals surface area contributed by atoms with Gasteiger partial charge in [-0.05, 0) is 33.2 Å². The van der Waals surface area contributed by atoms with Crippen molar-refractivity contribution in [3.05, 3.63) is 0 Å². The first-order chi connectivity index (χ1) is 7.80. The van der Waals surface area contributed by atoms with Crippen LogP contribution >= 0.6 is 12.2 Å². The number of carbonyl (C=O) groups excluding carboxylic acids is 1. The SMILES string of the molecule is CCCN(CC(=O)NC(C)(C)CC)CC(N)=S. The maximum absolute atomic E-state index is 11.8. The molecule has 0 aliphatic carbocycles. The van der Waals surface area contributed by atoms with E-state index in [1.54, 1.807) is 0 Å². The minimum Gasteiger partial charge on any atom is -0.392 e. The lowest BCUT2D eigenvalue weighted by Gasteiger charge is -2.27. The summed E-state index contributed by atoms with van der Waals surface area (Å²) in [4.78, 5) is 14.3. The van der Waals surface area contributed by atoms with Gasteiger partial charge >= 0.3 is 0 Å². The maximum atomic E-state index is 11.8. The van der Waals surface area contributed by atoms with Gasteiger partial charge in [0, 0.05) is 12.1 Å². The predicted molar refractivity (Wildman–Crippen MR) is 76.0 cm³/mol. The smallest absolute Gasteiger partial charge is 0.234 e. The van der Waals surface area contributed by atoms with Crippen LogP contribution in [0.3, 0.4) is 0 Å². The second-order valence-electron chi connectivity index (χ2n) is 4.96. The highest BCUT2D eigenvalue weighted by atomic mass is 32.1. The van der Waals surface area contributed by atoms with Gasteiger partial charge in [0.1, 0.15) is 0 Å². The zero-order valence-electron chi connectivity index (χ0n) is 11.4. The largest absolute Gasteiger partial charge is 0.392 e. The molecule has 0 aromatic rings. The molecule has 17 heavy (non-hydrogen) atoms. The van der Waals surface area contributed by atoms with Crippen molar-refractivity contribution in [1.29, 1.82) is 0 Å². The average molecular weight is 259 g/mol. The highest BCUT2D eigenvalue weighted by Crippen LogP contribution is 2.06. The third-order valence-corrected chi connectivity index (χ3v) is 2.78. The molecule has 0 aliphatic rings. The van der Waals surface area contributed by atoms with Crippen LogP contribution in [0.25, 0.3) is 0 Å². The van der Waals surface area contributed by atoms with Crippen molar-refractivity contribution in [2.45, 2.75) is 46.1 Å². The lowest BCUT2D eigenvalue weighted by Crippen LogP contribution is -2.48. The Morgan fingerprint density at radius 2 is 1.94 bits per heavy atom. The summed E-state index contributed by atoms with van der Waals surface area (Å²) in [7, 11) is 0. The predicted octanol–water partition coefficient (Wildman–Crippen LogP) is 1.29. The van der Waals surface area contributed by atoms with Gasteiger partial charge < -0.3 is 11.1 Å². The van der Waals surface area contributed by atoms with E-state index >= 15 is 0 Å². The van der Waals surface area contributed by atoms with Crippen LogP contribution in [0.15, 0.2) is 0 Å². The molecule has 0 rings (SSSR count). The van der Waals surface area contributed by atoms with Gasteiger partial charge in [0.05, 0.1) is 11.5 Å². The van der Waals surface area contributed by atoms with E-state index in [0.717, 1.165) is 19.4 Å². The lowest BCUT2D eigenvalue weighted by molar-refractivity contribution is -0.123. The summed E-state index contributed by atoms with van der Waals surface area (Å²) in [6.45, 7) is 9.85. The number of hydrogen-bond acceptors (Lipinski definition) is 3. The van der Waals surface area contributed by atoms with Gasteiger partial charge in [-0.15, -0.1) is 0 Å². The molecule has 0 spiro atoms. The van der Waals surface area contributed by atoms with Crippen molar-refractivity contribution >= 4 is 23.1 Å². The zero-order valence-corrected chi connectivity index (χ0v) is 12.2. The Hall–Kier alpha value is -0.680. The van der Waals surface area contributed by atoms with Crippen molar-refractivity contribution in [3.63, 3.8) is 0 Å². The molecular weight excluding hydrogens is 234 g/mol. The molecule has 4 nitrogen and oxygen atoms in total. The number of amides is 1. The Morgan fingerprint density at radius 3 is 2.35 bits per heavy atom. The topological polar surface area (TPSA) is 58.4 Å². The van der Waals surface area contributed by atoms with E-state index in [1.165, 1.54) is 0 Å². The molecule has 0 radical (unpaired) electrons. The number of nitrogens with zero attached hydrogens (tertiary/aromatic N) is 1. The fourth-order valence-electron chi connectivity index (χ4n) is 1.46. The number of hydrogen-bond donors (Lipinski definition) is 2. The molecule has 0 aliphatic heterocycles. The van der Waals surface area contributed by atoms with E-state index in [2.05, 4.69) is 19.2 Å². The highest BCUT2D eigenvalue weighted by molar-refractivity contribution is 7.80. The van der Waals surface area contributed by atoms with Gasteiger partial charge in [0.15, 0.2) is 0 Å². The maximum Gasteiger partial charge on any atom is 0.234 e. The van der Waals surface area contributed by atoms with Gasteiger partial charge in [-0.1, -0.05) is 26.1 Å². The van der Waals surface area contributed by atoms with Crippen molar-refractivity contribution in [2.24, 2.45) is 5.73 Å². The Balaban J connectivity index is 4.25. The van der Waals surface area contributed by atoms with Crippen LogP contribution in [0.4, 0.5) is 0 Å². The summed E-state index contributed by atoms with van der Waals surface area (Å²) in [5.74, 6) is 0.0292. The van der Waals surface area contributed by atoms with Crippen LogP contribution in [0.2, 0.25) is 0 Å². The van der Waals surface area contributed by atoms with E-state index < -0.39 is 0 Å². The molecule has 0 saturated heterocycles. The van der Waals surface area contributed by atoms with Crippen LogP contribution < -0.4 is 11.1 Å². The first-order valence-corrected chi connectivity index (χ1v) is 6.53.